The molecule has 1 aliphatic rings. The minimum absolute atomic E-state index is 0.0314. The lowest BCUT2D eigenvalue weighted by atomic mass is 10.2. The van der Waals surface area contributed by atoms with Gasteiger partial charge in [0, 0.05) is 10.6 Å². The fourth-order valence-electron chi connectivity index (χ4n) is 2.76. The van der Waals surface area contributed by atoms with Gasteiger partial charge in [0.1, 0.15) is 6.07 Å². The minimum Gasteiger partial charge on any atom is -0.436 e. The molecule has 5 nitrogen and oxygen atoms in total. The van der Waals surface area contributed by atoms with E-state index in [1.54, 1.807) is 10.5 Å². The van der Waals surface area contributed by atoms with E-state index < -0.39 is 5.82 Å². The normalized spacial score (nSPS) is 13.0. The van der Waals surface area contributed by atoms with Crippen LogP contribution in [0.4, 0.5) is 4.39 Å². The van der Waals surface area contributed by atoms with Crippen molar-refractivity contribution in [2.75, 3.05) is 0 Å². The average Bonchev–Trinajstić information content (AvgIpc) is 3.09. The Kier molecular flexibility index (Phi) is 3.13. The van der Waals surface area contributed by atoms with Crippen LogP contribution in [0.5, 0.6) is 11.6 Å². The topological polar surface area (TPSA) is 67.4 Å². The van der Waals surface area contributed by atoms with Crippen LogP contribution in [0.25, 0.3) is 4.96 Å². The molecule has 114 valence electrons. The predicted molar refractivity (Wildman–Crippen MR) is 82.6 cm³/mol. The van der Waals surface area contributed by atoms with E-state index in [0.717, 1.165) is 25.0 Å². The molecule has 0 amide bonds. The number of aryl methyl sites for hydroxylation is 2. The maximum Gasteiger partial charge on any atom is 0.262 e. The van der Waals surface area contributed by atoms with E-state index in [1.165, 1.54) is 40.5 Å². The molecule has 0 radical (unpaired) electrons. The molecule has 0 N–H and O–H groups in total. The highest BCUT2D eigenvalue weighted by Gasteiger charge is 2.20. The van der Waals surface area contributed by atoms with E-state index in [4.69, 9.17) is 10.00 Å². The highest BCUT2D eigenvalue weighted by molar-refractivity contribution is 7.17. The zero-order valence-electron chi connectivity index (χ0n) is 11.9. The van der Waals surface area contributed by atoms with E-state index in [2.05, 4.69) is 4.98 Å². The Morgan fingerprint density at radius 1 is 1.39 bits per heavy atom. The average molecular weight is 327 g/mol. The van der Waals surface area contributed by atoms with E-state index in [1.807, 2.05) is 0 Å². The number of ether oxygens (including phenoxy) is 1. The van der Waals surface area contributed by atoms with Crippen LogP contribution in [0.3, 0.4) is 0 Å². The SMILES string of the molecule is N#Cc1cccc(Oc2cc(=O)n3c4c(sc3n2)CCC4)c1F. The quantitative estimate of drug-likeness (QED) is 0.725. The van der Waals surface area contributed by atoms with Crippen molar-refractivity contribution in [3.05, 3.63) is 56.6 Å². The number of benzene rings is 1. The zero-order chi connectivity index (χ0) is 16.0. The van der Waals surface area contributed by atoms with Gasteiger partial charge in [0.05, 0.1) is 11.6 Å². The van der Waals surface area contributed by atoms with Gasteiger partial charge in [-0.3, -0.25) is 9.20 Å². The van der Waals surface area contributed by atoms with Crippen molar-refractivity contribution >= 4 is 16.3 Å². The lowest BCUT2D eigenvalue weighted by Crippen LogP contribution is -2.14. The van der Waals surface area contributed by atoms with Crippen molar-refractivity contribution in [2.45, 2.75) is 19.3 Å². The van der Waals surface area contributed by atoms with Crippen LogP contribution in [-0.4, -0.2) is 9.38 Å². The fraction of sp³-hybridized carbons (Fsp3) is 0.188. The van der Waals surface area contributed by atoms with Gasteiger partial charge in [-0.2, -0.15) is 10.2 Å². The largest absolute Gasteiger partial charge is 0.436 e. The lowest BCUT2D eigenvalue weighted by molar-refractivity contribution is 0.426. The van der Waals surface area contributed by atoms with Crippen LogP contribution in [0.15, 0.2) is 29.1 Å². The van der Waals surface area contributed by atoms with Crippen molar-refractivity contribution < 1.29 is 9.13 Å². The van der Waals surface area contributed by atoms with E-state index >= 15 is 0 Å². The monoisotopic (exact) mass is 327 g/mol. The fourth-order valence-corrected chi connectivity index (χ4v) is 3.96. The van der Waals surface area contributed by atoms with Gasteiger partial charge in [-0.1, -0.05) is 6.07 Å². The molecular weight excluding hydrogens is 317 g/mol. The van der Waals surface area contributed by atoms with Crippen LogP contribution in [-0.2, 0) is 12.8 Å². The van der Waals surface area contributed by atoms with Crippen molar-refractivity contribution in [3.8, 4) is 17.7 Å². The summed E-state index contributed by atoms with van der Waals surface area (Å²) in [4.78, 5) is 18.3. The third kappa shape index (κ3) is 2.19. The third-order valence-corrected chi connectivity index (χ3v) is 4.93. The summed E-state index contributed by atoms with van der Waals surface area (Å²) >= 11 is 1.46. The summed E-state index contributed by atoms with van der Waals surface area (Å²) in [6, 6.07) is 7.27. The summed E-state index contributed by atoms with van der Waals surface area (Å²) in [5.74, 6) is -0.848. The first-order valence-electron chi connectivity index (χ1n) is 7.08. The number of hydrogen-bond acceptors (Lipinski definition) is 5. The van der Waals surface area contributed by atoms with Gasteiger partial charge in [0.25, 0.3) is 5.56 Å². The maximum absolute atomic E-state index is 14.0. The Morgan fingerprint density at radius 3 is 3.09 bits per heavy atom. The molecule has 0 saturated carbocycles. The summed E-state index contributed by atoms with van der Waals surface area (Å²) in [5, 5.41) is 8.85. The molecular formula is C16H10FN3O2S. The van der Waals surface area contributed by atoms with E-state index in [9.17, 15) is 9.18 Å². The molecule has 2 heterocycles. The smallest absolute Gasteiger partial charge is 0.262 e. The molecule has 23 heavy (non-hydrogen) atoms. The molecule has 7 heteroatoms. The second kappa shape index (κ2) is 5.18. The van der Waals surface area contributed by atoms with Crippen molar-refractivity contribution in [1.82, 2.24) is 9.38 Å². The standard InChI is InChI=1S/C16H10FN3O2S/c17-15-9(8-18)3-1-5-11(15)22-13-7-14(21)20-10-4-2-6-12(10)23-16(20)19-13/h1,3,5,7H,2,4,6H2. The summed E-state index contributed by atoms with van der Waals surface area (Å²) in [5.41, 5.74) is 0.670. The maximum atomic E-state index is 14.0. The number of rotatable bonds is 2. The molecule has 0 atom stereocenters. The van der Waals surface area contributed by atoms with Gasteiger partial charge >= 0.3 is 0 Å². The van der Waals surface area contributed by atoms with E-state index in [0.29, 0.717) is 4.96 Å². The molecule has 0 spiro atoms. The number of aromatic nitrogens is 2. The Labute approximate surface area is 134 Å². The summed E-state index contributed by atoms with van der Waals surface area (Å²) < 4.78 is 21.0. The first kappa shape index (κ1) is 13.9. The molecule has 0 bridgehead atoms. The number of halogens is 1. The van der Waals surface area contributed by atoms with Crippen LogP contribution < -0.4 is 10.3 Å². The second-order valence-corrected chi connectivity index (χ2v) is 6.27. The van der Waals surface area contributed by atoms with Gasteiger partial charge in [-0.05, 0) is 31.4 Å². The Hall–Kier alpha value is -2.72. The number of nitriles is 1. The molecule has 0 aliphatic heterocycles. The molecule has 1 aliphatic carbocycles. The van der Waals surface area contributed by atoms with Crippen LogP contribution in [0.2, 0.25) is 0 Å². The van der Waals surface area contributed by atoms with Crippen molar-refractivity contribution in [3.63, 3.8) is 0 Å². The van der Waals surface area contributed by atoms with Gasteiger partial charge in [-0.15, -0.1) is 11.3 Å². The molecule has 2 aromatic heterocycles. The number of fused-ring (bicyclic) bond motifs is 3. The third-order valence-electron chi connectivity index (χ3n) is 3.79. The minimum atomic E-state index is -0.759. The molecule has 0 unspecified atom stereocenters. The van der Waals surface area contributed by atoms with Crippen LogP contribution >= 0.6 is 11.3 Å². The zero-order valence-corrected chi connectivity index (χ0v) is 12.7. The van der Waals surface area contributed by atoms with Crippen molar-refractivity contribution in [1.29, 1.82) is 5.26 Å². The van der Waals surface area contributed by atoms with Crippen LogP contribution in [0.1, 0.15) is 22.6 Å². The van der Waals surface area contributed by atoms with Gasteiger partial charge in [0.2, 0.25) is 5.88 Å². The number of nitrogens with zero attached hydrogens (tertiary/aromatic N) is 3. The van der Waals surface area contributed by atoms with E-state index in [-0.39, 0.29) is 22.8 Å². The lowest BCUT2D eigenvalue weighted by Gasteiger charge is -2.06. The number of hydrogen-bond donors (Lipinski definition) is 0. The summed E-state index contributed by atoms with van der Waals surface area (Å²) in [7, 11) is 0. The summed E-state index contributed by atoms with van der Waals surface area (Å²) in [6.07, 6.45) is 2.88. The molecule has 1 aromatic carbocycles. The summed E-state index contributed by atoms with van der Waals surface area (Å²) in [6.45, 7) is 0. The van der Waals surface area contributed by atoms with Crippen molar-refractivity contribution in [2.24, 2.45) is 0 Å². The van der Waals surface area contributed by atoms with Crippen LogP contribution in [0, 0.1) is 17.1 Å². The van der Waals surface area contributed by atoms with Gasteiger partial charge < -0.3 is 4.74 Å². The Bertz CT molecular complexity index is 1030. The molecule has 3 aromatic rings. The predicted octanol–water partition coefficient (Wildman–Crippen LogP) is 3.05. The highest BCUT2D eigenvalue weighted by Crippen LogP contribution is 2.31. The molecule has 4 rings (SSSR count). The van der Waals surface area contributed by atoms with Gasteiger partial charge in [-0.25, -0.2) is 4.39 Å². The highest BCUT2D eigenvalue weighted by atomic mass is 32.1. The Morgan fingerprint density at radius 2 is 2.26 bits per heavy atom. The second-order valence-electron chi connectivity index (χ2n) is 5.21. The van der Waals surface area contributed by atoms with Gasteiger partial charge in [0.15, 0.2) is 16.5 Å². The first-order chi connectivity index (χ1) is 11.2. The molecule has 0 fully saturated rings. The number of thiazole rings is 1. The molecule has 0 saturated heterocycles. The first-order valence-corrected chi connectivity index (χ1v) is 7.90. The Balaban J connectivity index is 1.79.